The van der Waals surface area contributed by atoms with Crippen LogP contribution in [0, 0.1) is 5.92 Å². The zero-order valence-corrected chi connectivity index (χ0v) is 14.2. The van der Waals surface area contributed by atoms with Crippen LogP contribution in [-0.2, 0) is 4.79 Å². The first kappa shape index (κ1) is 17.7. The van der Waals surface area contributed by atoms with E-state index < -0.39 is 11.9 Å². The Morgan fingerprint density at radius 3 is 2.31 bits per heavy atom. The normalized spacial score (nSPS) is 16.8. The maximum Gasteiger partial charge on any atom is 0.308 e. The van der Waals surface area contributed by atoms with Crippen LogP contribution in [0.4, 0.5) is 5.69 Å². The summed E-state index contributed by atoms with van der Waals surface area (Å²) in [5.41, 5.74) is 1.63. The molecule has 26 heavy (non-hydrogen) atoms. The molecule has 6 nitrogen and oxygen atoms in total. The molecule has 2 aromatic carbocycles. The first-order valence-corrected chi connectivity index (χ1v) is 8.53. The van der Waals surface area contributed by atoms with Crippen molar-refractivity contribution in [3.63, 3.8) is 0 Å². The summed E-state index contributed by atoms with van der Waals surface area (Å²) < 4.78 is 0. The molecular formula is C20H20N2O4. The van der Waals surface area contributed by atoms with Gasteiger partial charge in [0.2, 0.25) is 0 Å². The van der Waals surface area contributed by atoms with Crippen molar-refractivity contribution < 1.29 is 19.5 Å². The Morgan fingerprint density at radius 1 is 0.962 bits per heavy atom. The fourth-order valence-electron chi connectivity index (χ4n) is 3.03. The molecule has 1 unspecified atom stereocenters. The van der Waals surface area contributed by atoms with Gasteiger partial charge in [0.1, 0.15) is 0 Å². The Labute approximate surface area is 151 Å². The molecule has 0 aliphatic carbocycles. The summed E-state index contributed by atoms with van der Waals surface area (Å²) in [7, 11) is 0. The number of benzene rings is 2. The zero-order valence-electron chi connectivity index (χ0n) is 14.2. The Balaban J connectivity index is 1.64. The second kappa shape index (κ2) is 7.82. The first-order valence-electron chi connectivity index (χ1n) is 8.53. The molecule has 1 saturated heterocycles. The Morgan fingerprint density at radius 2 is 1.65 bits per heavy atom. The van der Waals surface area contributed by atoms with Gasteiger partial charge >= 0.3 is 5.97 Å². The minimum absolute atomic E-state index is 0.183. The highest BCUT2D eigenvalue weighted by molar-refractivity contribution is 6.04. The van der Waals surface area contributed by atoms with Gasteiger partial charge in [0.05, 0.1) is 5.92 Å². The lowest BCUT2D eigenvalue weighted by Gasteiger charge is -2.30. The van der Waals surface area contributed by atoms with Gasteiger partial charge in [-0.3, -0.25) is 14.4 Å². The third-order valence-corrected chi connectivity index (χ3v) is 4.48. The van der Waals surface area contributed by atoms with E-state index in [1.54, 1.807) is 53.4 Å². The molecule has 0 saturated carbocycles. The topological polar surface area (TPSA) is 86.7 Å². The maximum atomic E-state index is 12.6. The number of amides is 2. The number of aliphatic carboxylic acids is 1. The van der Waals surface area contributed by atoms with Gasteiger partial charge in [-0.1, -0.05) is 18.2 Å². The molecule has 0 aromatic heterocycles. The minimum atomic E-state index is -0.860. The van der Waals surface area contributed by atoms with Crippen LogP contribution in [0.1, 0.15) is 33.6 Å². The monoisotopic (exact) mass is 352 g/mol. The molecule has 3 rings (SSSR count). The quantitative estimate of drug-likeness (QED) is 0.886. The lowest BCUT2D eigenvalue weighted by atomic mass is 9.97. The maximum absolute atomic E-state index is 12.6. The summed E-state index contributed by atoms with van der Waals surface area (Å²) in [5, 5.41) is 11.9. The number of nitrogens with zero attached hydrogens (tertiary/aromatic N) is 1. The number of likely N-dealkylation sites (tertiary alicyclic amines) is 1. The van der Waals surface area contributed by atoms with Crippen molar-refractivity contribution in [2.75, 3.05) is 18.4 Å². The molecule has 1 aliphatic heterocycles. The average molecular weight is 352 g/mol. The largest absolute Gasteiger partial charge is 0.481 e. The summed E-state index contributed by atoms with van der Waals surface area (Å²) >= 11 is 0. The smallest absolute Gasteiger partial charge is 0.308 e. The number of carbonyl (C=O) groups excluding carboxylic acids is 2. The molecule has 2 amide bonds. The van der Waals surface area contributed by atoms with Crippen LogP contribution in [0.2, 0.25) is 0 Å². The minimum Gasteiger partial charge on any atom is -0.481 e. The van der Waals surface area contributed by atoms with Crippen molar-refractivity contribution in [3.05, 3.63) is 65.7 Å². The van der Waals surface area contributed by atoms with Crippen LogP contribution in [-0.4, -0.2) is 40.9 Å². The van der Waals surface area contributed by atoms with E-state index in [1.807, 2.05) is 6.07 Å². The molecule has 2 N–H and O–H groups in total. The summed E-state index contributed by atoms with van der Waals surface area (Å²) in [6.45, 7) is 0.801. The fraction of sp³-hybridized carbons (Fsp3) is 0.250. The molecule has 0 bridgehead atoms. The number of carbonyl (C=O) groups is 3. The molecule has 1 aliphatic rings. The third kappa shape index (κ3) is 4.08. The number of carboxylic acid groups (broad SMARTS) is 1. The Bertz CT molecular complexity index is 802. The number of rotatable bonds is 4. The van der Waals surface area contributed by atoms with Crippen molar-refractivity contribution in [1.82, 2.24) is 4.90 Å². The predicted molar refractivity (Wildman–Crippen MR) is 97.1 cm³/mol. The average Bonchev–Trinajstić information content (AvgIpc) is 2.68. The van der Waals surface area contributed by atoms with Crippen LogP contribution in [0.3, 0.4) is 0 Å². The highest BCUT2D eigenvalue weighted by Gasteiger charge is 2.28. The van der Waals surface area contributed by atoms with E-state index in [0.717, 1.165) is 0 Å². The summed E-state index contributed by atoms with van der Waals surface area (Å²) in [5.74, 6) is -1.76. The van der Waals surface area contributed by atoms with E-state index in [1.165, 1.54) is 0 Å². The number of anilines is 1. The second-order valence-corrected chi connectivity index (χ2v) is 6.33. The lowest BCUT2D eigenvalue weighted by molar-refractivity contribution is -0.143. The highest BCUT2D eigenvalue weighted by Crippen LogP contribution is 2.20. The number of hydrogen-bond donors (Lipinski definition) is 2. The number of hydrogen-bond acceptors (Lipinski definition) is 3. The van der Waals surface area contributed by atoms with Crippen LogP contribution in [0.15, 0.2) is 54.6 Å². The van der Waals surface area contributed by atoms with Crippen LogP contribution >= 0.6 is 0 Å². The van der Waals surface area contributed by atoms with E-state index in [4.69, 9.17) is 5.11 Å². The van der Waals surface area contributed by atoms with Gasteiger partial charge in [-0.15, -0.1) is 0 Å². The van der Waals surface area contributed by atoms with Crippen LogP contribution in [0.5, 0.6) is 0 Å². The summed E-state index contributed by atoms with van der Waals surface area (Å²) in [6.07, 6.45) is 1.29. The summed E-state index contributed by atoms with van der Waals surface area (Å²) in [6, 6.07) is 15.5. The fourth-order valence-corrected chi connectivity index (χ4v) is 3.03. The van der Waals surface area contributed by atoms with E-state index in [2.05, 4.69) is 5.32 Å². The molecule has 2 aromatic rings. The Kier molecular flexibility index (Phi) is 5.31. The predicted octanol–water partition coefficient (Wildman–Crippen LogP) is 2.88. The molecule has 1 heterocycles. The number of nitrogens with one attached hydrogen (secondary N) is 1. The standard InChI is InChI=1S/C20H20N2O4/c23-18(14-5-2-1-3-6-14)21-17-10-8-15(9-11-17)19(24)22-12-4-7-16(13-22)20(25)26/h1-3,5-6,8-11,16H,4,7,12-13H2,(H,21,23)(H,25,26). The van der Waals surface area contributed by atoms with Crippen molar-refractivity contribution in [2.24, 2.45) is 5.92 Å². The Hall–Kier alpha value is -3.15. The van der Waals surface area contributed by atoms with E-state index >= 15 is 0 Å². The van der Waals surface area contributed by atoms with E-state index in [9.17, 15) is 14.4 Å². The van der Waals surface area contributed by atoms with Gasteiger partial charge in [0, 0.05) is 29.9 Å². The van der Waals surface area contributed by atoms with Gasteiger partial charge in [0.15, 0.2) is 0 Å². The highest BCUT2D eigenvalue weighted by atomic mass is 16.4. The van der Waals surface area contributed by atoms with Gasteiger partial charge < -0.3 is 15.3 Å². The molecule has 0 spiro atoms. The van der Waals surface area contributed by atoms with Crippen molar-refractivity contribution in [2.45, 2.75) is 12.8 Å². The molecule has 6 heteroatoms. The van der Waals surface area contributed by atoms with Gasteiger partial charge in [-0.25, -0.2) is 0 Å². The second-order valence-electron chi connectivity index (χ2n) is 6.33. The van der Waals surface area contributed by atoms with Gasteiger partial charge in [-0.2, -0.15) is 0 Å². The van der Waals surface area contributed by atoms with Crippen molar-refractivity contribution in [3.8, 4) is 0 Å². The molecular weight excluding hydrogens is 332 g/mol. The van der Waals surface area contributed by atoms with Crippen molar-refractivity contribution in [1.29, 1.82) is 0 Å². The third-order valence-electron chi connectivity index (χ3n) is 4.48. The molecule has 1 fully saturated rings. The van der Waals surface area contributed by atoms with E-state index in [0.29, 0.717) is 36.2 Å². The van der Waals surface area contributed by atoms with E-state index in [-0.39, 0.29) is 18.4 Å². The van der Waals surface area contributed by atoms with Gasteiger partial charge in [-0.05, 0) is 49.2 Å². The zero-order chi connectivity index (χ0) is 18.5. The molecule has 134 valence electrons. The summed E-state index contributed by atoms with van der Waals surface area (Å²) in [4.78, 5) is 37.4. The number of piperidine rings is 1. The number of carboxylic acids is 1. The van der Waals surface area contributed by atoms with Gasteiger partial charge in [0.25, 0.3) is 11.8 Å². The lowest BCUT2D eigenvalue weighted by Crippen LogP contribution is -2.42. The first-order chi connectivity index (χ1) is 12.5. The van der Waals surface area contributed by atoms with Crippen LogP contribution < -0.4 is 5.32 Å². The molecule has 0 radical (unpaired) electrons. The van der Waals surface area contributed by atoms with Crippen LogP contribution in [0.25, 0.3) is 0 Å². The SMILES string of the molecule is O=C(Nc1ccc(C(=O)N2CCCC(C(=O)O)C2)cc1)c1ccccc1. The van der Waals surface area contributed by atoms with Crippen molar-refractivity contribution >= 4 is 23.5 Å². The molecule has 1 atom stereocenters.